The lowest BCUT2D eigenvalue weighted by atomic mass is 9.82. The van der Waals surface area contributed by atoms with Gasteiger partial charge in [-0.2, -0.15) is 0 Å². The van der Waals surface area contributed by atoms with Crippen molar-refractivity contribution in [3.8, 4) is 0 Å². The van der Waals surface area contributed by atoms with Crippen molar-refractivity contribution in [1.82, 2.24) is 5.32 Å². The third kappa shape index (κ3) is 3.60. The third-order valence-electron chi connectivity index (χ3n) is 3.97. The van der Waals surface area contributed by atoms with E-state index in [2.05, 4.69) is 12.2 Å². The van der Waals surface area contributed by atoms with Gasteiger partial charge >= 0.3 is 0 Å². The quantitative estimate of drug-likeness (QED) is 0.879. The van der Waals surface area contributed by atoms with Gasteiger partial charge in [0.15, 0.2) is 0 Å². The first kappa shape index (κ1) is 14.1. The average molecular weight is 265 g/mol. The van der Waals surface area contributed by atoms with Crippen LogP contribution in [0.1, 0.15) is 45.3 Å². The highest BCUT2D eigenvalue weighted by Crippen LogP contribution is 2.29. The van der Waals surface area contributed by atoms with Crippen molar-refractivity contribution < 1.29 is 14.3 Å². The molecule has 0 bridgehead atoms. The van der Waals surface area contributed by atoms with E-state index < -0.39 is 5.60 Å². The van der Waals surface area contributed by atoms with Gasteiger partial charge in [0, 0.05) is 5.92 Å². The standard InChI is InChI=1S/C15H23NO3/c1-11-5-3-6-12(9-11)14(17)16-10-15(2,18)13-7-4-8-19-13/h4,7-8,11-12,18H,3,5-6,9-10H2,1-2H3,(H,16,17). The van der Waals surface area contributed by atoms with Crippen LogP contribution in [0.25, 0.3) is 0 Å². The molecule has 0 saturated heterocycles. The smallest absolute Gasteiger partial charge is 0.223 e. The summed E-state index contributed by atoms with van der Waals surface area (Å²) in [5.41, 5.74) is -1.15. The SMILES string of the molecule is CC1CCCC(C(=O)NCC(C)(O)c2ccco2)C1. The van der Waals surface area contributed by atoms with Crippen molar-refractivity contribution in [2.24, 2.45) is 11.8 Å². The molecule has 3 unspecified atom stereocenters. The van der Waals surface area contributed by atoms with Gasteiger partial charge in [-0.3, -0.25) is 4.79 Å². The minimum Gasteiger partial charge on any atom is -0.466 e. The first-order valence-electron chi connectivity index (χ1n) is 7.03. The Bertz CT molecular complexity index is 411. The van der Waals surface area contributed by atoms with Crippen LogP contribution in [0.3, 0.4) is 0 Å². The van der Waals surface area contributed by atoms with E-state index in [-0.39, 0.29) is 18.4 Å². The van der Waals surface area contributed by atoms with Gasteiger partial charge in [-0.25, -0.2) is 0 Å². The van der Waals surface area contributed by atoms with Crippen LogP contribution in [0.15, 0.2) is 22.8 Å². The molecule has 0 spiro atoms. The van der Waals surface area contributed by atoms with Crippen LogP contribution in [0, 0.1) is 11.8 Å². The Balaban J connectivity index is 1.86. The van der Waals surface area contributed by atoms with Crippen LogP contribution in [0.2, 0.25) is 0 Å². The maximum Gasteiger partial charge on any atom is 0.223 e. The number of carbonyl (C=O) groups is 1. The number of hydrogen-bond acceptors (Lipinski definition) is 3. The fourth-order valence-corrected chi connectivity index (χ4v) is 2.75. The maximum absolute atomic E-state index is 12.1. The molecule has 3 atom stereocenters. The van der Waals surface area contributed by atoms with Crippen molar-refractivity contribution in [1.29, 1.82) is 0 Å². The molecule has 1 fully saturated rings. The Hall–Kier alpha value is -1.29. The van der Waals surface area contributed by atoms with Crippen LogP contribution in [0.4, 0.5) is 0 Å². The molecule has 19 heavy (non-hydrogen) atoms. The normalized spacial score (nSPS) is 26.7. The number of nitrogens with one attached hydrogen (secondary N) is 1. The molecule has 2 rings (SSSR count). The van der Waals surface area contributed by atoms with Crippen molar-refractivity contribution in [2.75, 3.05) is 6.54 Å². The molecule has 0 aromatic carbocycles. The molecule has 4 heteroatoms. The zero-order chi connectivity index (χ0) is 13.9. The lowest BCUT2D eigenvalue weighted by Crippen LogP contribution is -2.41. The fraction of sp³-hybridized carbons (Fsp3) is 0.667. The highest BCUT2D eigenvalue weighted by atomic mass is 16.4. The molecule has 106 valence electrons. The molecule has 1 heterocycles. The number of furan rings is 1. The van der Waals surface area contributed by atoms with Gasteiger partial charge in [0.1, 0.15) is 11.4 Å². The van der Waals surface area contributed by atoms with Gasteiger partial charge in [-0.1, -0.05) is 19.8 Å². The first-order valence-corrected chi connectivity index (χ1v) is 7.03. The molecule has 1 amide bonds. The van der Waals surface area contributed by atoms with Crippen LogP contribution >= 0.6 is 0 Å². The molecule has 0 radical (unpaired) electrons. The summed E-state index contributed by atoms with van der Waals surface area (Å²) in [7, 11) is 0. The van der Waals surface area contributed by atoms with E-state index in [1.807, 2.05) is 0 Å². The van der Waals surface area contributed by atoms with Gasteiger partial charge < -0.3 is 14.8 Å². The van der Waals surface area contributed by atoms with E-state index in [0.717, 1.165) is 19.3 Å². The average Bonchev–Trinajstić information content (AvgIpc) is 2.90. The van der Waals surface area contributed by atoms with Gasteiger partial charge in [0.25, 0.3) is 0 Å². The zero-order valence-corrected chi connectivity index (χ0v) is 11.7. The number of carbonyl (C=O) groups excluding carboxylic acids is 1. The van der Waals surface area contributed by atoms with E-state index in [0.29, 0.717) is 11.7 Å². The molecule has 1 saturated carbocycles. The lowest BCUT2D eigenvalue weighted by Gasteiger charge is -2.27. The Morgan fingerprint density at radius 1 is 1.58 bits per heavy atom. The zero-order valence-electron chi connectivity index (χ0n) is 11.7. The fourth-order valence-electron chi connectivity index (χ4n) is 2.75. The lowest BCUT2D eigenvalue weighted by molar-refractivity contribution is -0.127. The molecule has 1 aliphatic carbocycles. The second-order valence-corrected chi connectivity index (χ2v) is 5.94. The second kappa shape index (κ2) is 5.78. The highest BCUT2D eigenvalue weighted by Gasteiger charge is 2.30. The monoisotopic (exact) mass is 265 g/mol. The molecule has 1 aromatic heterocycles. The molecule has 0 aliphatic heterocycles. The number of aliphatic hydroxyl groups is 1. The van der Waals surface area contributed by atoms with E-state index in [1.165, 1.54) is 12.7 Å². The largest absolute Gasteiger partial charge is 0.466 e. The summed E-state index contributed by atoms with van der Waals surface area (Å²) in [6, 6.07) is 3.45. The first-order chi connectivity index (χ1) is 8.99. The molecule has 2 N–H and O–H groups in total. The third-order valence-corrected chi connectivity index (χ3v) is 3.97. The summed E-state index contributed by atoms with van der Waals surface area (Å²) in [5, 5.41) is 13.1. The van der Waals surface area contributed by atoms with Crippen LogP contribution < -0.4 is 5.32 Å². The Morgan fingerprint density at radius 2 is 2.37 bits per heavy atom. The summed E-state index contributed by atoms with van der Waals surface area (Å²) in [4.78, 5) is 12.1. The van der Waals surface area contributed by atoms with Crippen LogP contribution in [-0.4, -0.2) is 17.6 Å². The molecule has 1 aromatic rings. The topological polar surface area (TPSA) is 62.5 Å². The van der Waals surface area contributed by atoms with E-state index in [4.69, 9.17) is 4.42 Å². The minimum absolute atomic E-state index is 0.0541. The van der Waals surface area contributed by atoms with Crippen molar-refractivity contribution >= 4 is 5.91 Å². The predicted octanol–water partition coefficient (Wildman–Crippen LogP) is 2.43. The van der Waals surface area contributed by atoms with E-state index >= 15 is 0 Å². The van der Waals surface area contributed by atoms with Crippen molar-refractivity contribution in [3.05, 3.63) is 24.2 Å². The number of amides is 1. The summed E-state index contributed by atoms with van der Waals surface area (Å²) < 4.78 is 5.19. The van der Waals surface area contributed by atoms with Gasteiger partial charge in [-0.15, -0.1) is 0 Å². The summed E-state index contributed by atoms with van der Waals surface area (Å²) in [6.07, 6.45) is 5.77. The van der Waals surface area contributed by atoms with E-state index in [9.17, 15) is 9.90 Å². The molecular weight excluding hydrogens is 242 g/mol. The molecular formula is C15H23NO3. The summed E-state index contributed by atoms with van der Waals surface area (Å²) in [5.74, 6) is 1.24. The maximum atomic E-state index is 12.1. The Labute approximate surface area is 114 Å². The van der Waals surface area contributed by atoms with Gasteiger partial charge in [-0.05, 0) is 37.8 Å². The predicted molar refractivity (Wildman–Crippen MR) is 72.4 cm³/mol. The Kier molecular flexibility index (Phi) is 4.30. The molecule has 4 nitrogen and oxygen atoms in total. The number of rotatable bonds is 4. The Morgan fingerprint density at radius 3 is 3.00 bits per heavy atom. The molecule has 1 aliphatic rings. The van der Waals surface area contributed by atoms with Crippen molar-refractivity contribution in [3.63, 3.8) is 0 Å². The van der Waals surface area contributed by atoms with E-state index in [1.54, 1.807) is 19.1 Å². The van der Waals surface area contributed by atoms with Crippen molar-refractivity contribution in [2.45, 2.75) is 45.1 Å². The minimum atomic E-state index is -1.15. The second-order valence-electron chi connectivity index (χ2n) is 5.94. The van der Waals surface area contributed by atoms with Gasteiger partial charge in [0.05, 0.1) is 12.8 Å². The summed E-state index contributed by atoms with van der Waals surface area (Å²) in [6.45, 7) is 4.03. The highest BCUT2D eigenvalue weighted by molar-refractivity contribution is 5.78. The van der Waals surface area contributed by atoms with Crippen LogP contribution in [-0.2, 0) is 10.4 Å². The number of hydrogen-bond donors (Lipinski definition) is 2. The van der Waals surface area contributed by atoms with Gasteiger partial charge in [0.2, 0.25) is 5.91 Å². The summed E-state index contributed by atoms with van der Waals surface area (Å²) >= 11 is 0. The van der Waals surface area contributed by atoms with Crippen LogP contribution in [0.5, 0.6) is 0 Å².